The van der Waals surface area contributed by atoms with E-state index in [0.29, 0.717) is 23.9 Å². The molecule has 0 saturated carbocycles. The minimum absolute atomic E-state index is 0.0520. The molecule has 0 saturated heterocycles. The van der Waals surface area contributed by atoms with Gasteiger partial charge in [-0.1, -0.05) is 187 Å². The highest BCUT2D eigenvalue weighted by molar-refractivity contribution is 7.45. The Hall–Kier alpha value is -3.33. The summed E-state index contributed by atoms with van der Waals surface area (Å²) in [4.78, 5) is 37.7. The third kappa shape index (κ3) is 50.1. The molecule has 0 aromatic carbocycles. The van der Waals surface area contributed by atoms with E-state index in [1.54, 1.807) is 0 Å². The molecular weight excluding hydrogens is 846 g/mol. The van der Waals surface area contributed by atoms with E-state index in [4.69, 9.17) is 18.5 Å². The fraction of sp³-hybridized carbons (Fsp3) is 0.643. The summed E-state index contributed by atoms with van der Waals surface area (Å²) in [7, 11) is 1.10. The summed E-state index contributed by atoms with van der Waals surface area (Å²) in [6.45, 7) is 3.99. The predicted octanol–water partition coefficient (Wildman–Crippen LogP) is 14.8. The number of unbranched alkanes of at least 4 members (excludes halogenated alkanes) is 13. The van der Waals surface area contributed by atoms with Crippen LogP contribution < -0.4 is 4.89 Å². The Kier molecular flexibility index (Phi) is 44.4. The standard InChI is InChI=1S/C56H94NO8P/c1-6-8-10-12-14-16-18-20-22-24-26-27-28-29-31-32-34-36-38-40-42-44-46-48-55(58)62-52-54(53-64-66(60,61)63-51-50-57(3,4)5)65-56(59)49-47-45-43-41-39-37-35-33-30-25-23-21-19-17-15-13-11-9-7-2/h9,11,15,17-18,20-21,23-24,26,28-30,33,37,39,43,45,54H,6-8,10,12-14,16,19,22,25,27,31-32,34-36,38,40-42,44,46-53H2,1-5H3/b11-9-,17-15-,20-18-,23-21-,26-24-,29-28-,33-30-,39-37-,45-43-. The van der Waals surface area contributed by atoms with Crippen LogP contribution in [-0.4, -0.2) is 70.0 Å². The van der Waals surface area contributed by atoms with Gasteiger partial charge in [0.2, 0.25) is 0 Å². The van der Waals surface area contributed by atoms with Gasteiger partial charge in [-0.2, -0.15) is 0 Å². The molecule has 0 spiro atoms. The largest absolute Gasteiger partial charge is 0.756 e. The first-order chi connectivity index (χ1) is 32.0. The summed E-state index contributed by atoms with van der Waals surface area (Å²) >= 11 is 0. The Labute approximate surface area is 404 Å². The lowest BCUT2D eigenvalue weighted by atomic mass is 10.1. The zero-order valence-electron chi connectivity index (χ0n) is 42.3. The van der Waals surface area contributed by atoms with E-state index < -0.39 is 32.5 Å². The quantitative estimate of drug-likeness (QED) is 0.0195. The van der Waals surface area contributed by atoms with Crippen LogP contribution in [0, 0.1) is 0 Å². The molecule has 0 heterocycles. The molecule has 2 atom stereocenters. The lowest BCUT2D eigenvalue weighted by Gasteiger charge is -2.28. The van der Waals surface area contributed by atoms with Crippen molar-refractivity contribution in [2.75, 3.05) is 47.5 Å². The van der Waals surface area contributed by atoms with Crippen LogP contribution in [0.25, 0.3) is 0 Å². The molecule has 0 N–H and O–H groups in total. The van der Waals surface area contributed by atoms with Crippen molar-refractivity contribution in [2.24, 2.45) is 0 Å². The van der Waals surface area contributed by atoms with Gasteiger partial charge in [-0.25, -0.2) is 0 Å². The second kappa shape index (κ2) is 46.8. The minimum atomic E-state index is -4.66. The number of nitrogens with zero attached hydrogens (tertiary/aromatic N) is 1. The topological polar surface area (TPSA) is 111 Å². The highest BCUT2D eigenvalue weighted by Crippen LogP contribution is 2.38. The second-order valence-electron chi connectivity index (χ2n) is 17.8. The van der Waals surface area contributed by atoms with E-state index in [0.717, 1.165) is 77.0 Å². The van der Waals surface area contributed by atoms with Gasteiger partial charge < -0.3 is 27.9 Å². The Morgan fingerprint density at radius 1 is 0.485 bits per heavy atom. The Morgan fingerprint density at radius 2 is 0.894 bits per heavy atom. The number of carbonyl (C=O) groups is 2. The number of hydrogen-bond donors (Lipinski definition) is 0. The van der Waals surface area contributed by atoms with Crippen LogP contribution in [0.2, 0.25) is 0 Å². The molecule has 0 amide bonds. The van der Waals surface area contributed by atoms with Gasteiger partial charge in [0.1, 0.15) is 19.8 Å². The van der Waals surface area contributed by atoms with Crippen LogP contribution in [-0.2, 0) is 32.7 Å². The second-order valence-corrected chi connectivity index (χ2v) is 19.2. The molecule has 376 valence electrons. The lowest BCUT2D eigenvalue weighted by molar-refractivity contribution is -0.870. The molecule has 10 heteroatoms. The SMILES string of the molecule is CC/C=C\C/C=C\C/C=C\C/C=C\C/C=C\C/C=C\CCC(=O)OC(COC(=O)CCCCCCCCCC/C=C\C/C=C\C/C=C\CCCCCCC)COP(=O)([O-])OCC[N+](C)(C)C. The maximum absolute atomic E-state index is 12.7. The number of phosphoric ester groups is 1. The molecule has 0 fully saturated rings. The fourth-order valence-corrected chi connectivity index (χ4v) is 7.06. The molecule has 0 aliphatic rings. The zero-order valence-corrected chi connectivity index (χ0v) is 43.2. The van der Waals surface area contributed by atoms with Crippen molar-refractivity contribution < 1.29 is 42.1 Å². The molecule has 9 nitrogen and oxygen atoms in total. The van der Waals surface area contributed by atoms with Crippen molar-refractivity contribution in [2.45, 2.75) is 187 Å². The first kappa shape index (κ1) is 62.7. The van der Waals surface area contributed by atoms with Crippen molar-refractivity contribution in [3.63, 3.8) is 0 Å². The van der Waals surface area contributed by atoms with Gasteiger partial charge in [0.15, 0.2) is 6.10 Å². The third-order valence-corrected chi connectivity index (χ3v) is 11.3. The monoisotopic (exact) mass is 940 g/mol. The Morgan fingerprint density at radius 3 is 1.35 bits per heavy atom. The summed E-state index contributed by atoms with van der Waals surface area (Å²) in [6, 6.07) is 0. The first-order valence-corrected chi connectivity index (χ1v) is 27.1. The number of ether oxygens (including phenoxy) is 2. The molecule has 0 aromatic heterocycles. The maximum Gasteiger partial charge on any atom is 0.306 e. The van der Waals surface area contributed by atoms with Gasteiger partial charge in [-0.3, -0.25) is 14.2 Å². The Balaban J connectivity index is 4.39. The highest BCUT2D eigenvalue weighted by Gasteiger charge is 2.21. The zero-order chi connectivity index (χ0) is 48.5. The molecule has 0 bridgehead atoms. The van der Waals surface area contributed by atoms with Crippen LogP contribution in [0.1, 0.15) is 181 Å². The maximum atomic E-state index is 12.7. The predicted molar refractivity (Wildman–Crippen MR) is 277 cm³/mol. The van der Waals surface area contributed by atoms with Crippen LogP contribution >= 0.6 is 7.82 Å². The lowest BCUT2D eigenvalue weighted by Crippen LogP contribution is -2.37. The Bertz CT molecular complexity index is 1480. The van der Waals surface area contributed by atoms with Crippen LogP contribution in [0.3, 0.4) is 0 Å². The molecule has 0 aliphatic heterocycles. The molecule has 0 aromatic rings. The van der Waals surface area contributed by atoms with E-state index in [2.05, 4.69) is 111 Å². The number of likely N-dealkylation sites (N-methyl/N-ethyl adjacent to an activating group) is 1. The molecule has 66 heavy (non-hydrogen) atoms. The van der Waals surface area contributed by atoms with Crippen LogP contribution in [0.4, 0.5) is 0 Å². The highest BCUT2D eigenvalue weighted by atomic mass is 31.2. The van der Waals surface area contributed by atoms with Crippen molar-refractivity contribution in [1.29, 1.82) is 0 Å². The van der Waals surface area contributed by atoms with E-state index in [1.165, 1.54) is 64.2 Å². The minimum Gasteiger partial charge on any atom is -0.756 e. The van der Waals surface area contributed by atoms with Crippen molar-refractivity contribution in [1.82, 2.24) is 0 Å². The number of hydrogen-bond acceptors (Lipinski definition) is 8. The normalized spacial score (nSPS) is 14.3. The van der Waals surface area contributed by atoms with Gasteiger partial charge in [0.05, 0.1) is 27.7 Å². The van der Waals surface area contributed by atoms with E-state index in [-0.39, 0.29) is 26.1 Å². The van der Waals surface area contributed by atoms with Gasteiger partial charge in [-0.05, 0) is 89.9 Å². The number of allylic oxidation sites excluding steroid dienone is 18. The summed E-state index contributed by atoms with van der Waals surface area (Å²) < 4.78 is 33.9. The average Bonchev–Trinajstić information content (AvgIpc) is 3.27. The fourth-order valence-electron chi connectivity index (χ4n) is 6.33. The molecule has 2 unspecified atom stereocenters. The number of quaternary nitrogens is 1. The van der Waals surface area contributed by atoms with Gasteiger partial charge in [-0.15, -0.1) is 0 Å². The van der Waals surface area contributed by atoms with Gasteiger partial charge in [0, 0.05) is 12.8 Å². The number of carbonyl (C=O) groups excluding carboxylic acids is 2. The van der Waals surface area contributed by atoms with Crippen LogP contribution in [0.15, 0.2) is 109 Å². The summed E-state index contributed by atoms with van der Waals surface area (Å²) in [5, 5.41) is 0. The van der Waals surface area contributed by atoms with Crippen molar-refractivity contribution in [3.05, 3.63) is 109 Å². The van der Waals surface area contributed by atoms with E-state index in [9.17, 15) is 19.0 Å². The van der Waals surface area contributed by atoms with Crippen molar-refractivity contribution in [3.8, 4) is 0 Å². The number of phosphoric acid groups is 1. The summed E-state index contributed by atoms with van der Waals surface area (Å²) in [5.74, 6) is -0.949. The summed E-state index contributed by atoms with van der Waals surface area (Å²) in [6.07, 6.45) is 64.2. The number of rotatable bonds is 45. The molecule has 0 radical (unpaired) electrons. The number of esters is 2. The molecule has 0 aliphatic carbocycles. The van der Waals surface area contributed by atoms with Gasteiger partial charge >= 0.3 is 11.9 Å². The van der Waals surface area contributed by atoms with E-state index in [1.807, 2.05) is 33.3 Å². The van der Waals surface area contributed by atoms with Gasteiger partial charge in [0.25, 0.3) is 7.82 Å². The summed E-state index contributed by atoms with van der Waals surface area (Å²) in [5.41, 5.74) is 0. The smallest absolute Gasteiger partial charge is 0.306 e. The molecular formula is C56H94NO8P. The third-order valence-electron chi connectivity index (χ3n) is 10.3. The van der Waals surface area contributed by atoms with Crippen LogP contribution in [0.5, 0.6) is 0 Å². The molecule has 0 rings (SSSR count). The van der Waals surface area contributed by atoms with E-state index >= 15 is 0 Å². The first-order valence-electron chi connectivity index (χ1n) is 25.6. The average molecular weight is 940 g/mol. The van der Waals surface area contributed by atoms with Crippen molar-refractivity contribution >= 4 is 19.8 Å².